The van der Waals surface area contributed by atoms with Crippen molar-refractivity contribution in [2.45, 2.75) is 26.2 Å². The first-order chi connectivity index (χ1) is 15.5. The summed E-state index contributed by atoms with van der Waals surface area (Å²) in [6.45, 7) is 6.26. The van der Waals surface area contributed by atoms with Gasteiger partial charge in [0.05, 0.1) is 5.69 Å². The van der Waals surface area contributed by atoms with Crippen molar-refractivity contribution in [1.29, 1.82) is 0 Å². The van der Waals surface area contributed by atoms with Gasteiger partial charge in [0.25, 0.3) is 0 Å². The second-order valence-corrected chi connectivity index (χ2v) is 8.93. The van der Waals surface area contributed by atoms with Crippen molar-refractivity contribution in [3.05, 3.63) is 100 Å². The van der Waals surface area contributed by atoms with E-state index in [1.54, 1.807) is 0 Å². The number of carbonyl (C=O) groups excluding carboxylic acids is 1. The number of nitrogens with zero attached hydrogens (tertiary/aromatic N) is 1. The average molecular weight is 420 g/mol. The summed E-state index contributed by atoms with van der Waals surface area (Å²) >= 11 is 0. The summed E-state index contributed by atoms with van der Waals surface area (Å²) in [5.74, 6) is 0.0857. The van der Waals surface area contributed by atoms with Crippen LogP contribution in [-0.2, 0) is 10.2 Å². The minimum atomic E-state index is -0.941. The van der Waals surface area contributed by atoms with Crippen molar-refractivity contribution in [2.75, 3.05) is 11.9 Å². The van der Waals surface area contributed by atoms with Crippen LogP contribution in [0.15, 0.2) is 66.7 Å². The molecule has 158 valence electrons. The largest absolute Gasteiger partial charge is 0.358 e. The maximum atomic E-state index is 14.5. The molecule has 4 nitrogen and oxygen atoms in total. The van der Waals surface area contributed by atoms with E-state index in [2.05, 4.69) is 85.3 Å². The molecule has 32 heavy (non-hydrogen) atoms. The third-order valence-corrected chi connectivity index (χ3v) is 7.14. The molecule has 1 aliphatic rings. The quantitative estimate of drug-likeness (QED) is 0.369. The van der Waals surface area contributed by atoms with Crippen LogP contribution < -0.4 is 4.90 Å². The first kappa shape index (κ1) is 18.9. The zero-order valence-electron chi connectivity index (χ0n) is 18.7. The van der Waals surface area contributed by atoms with E-state index in [4.69, 9.17) is 0 Å². The lowest BCUT2D eigenvalue weighted by Gasteiger charge is -2.30. The van der Waals surface area contributed by atoms with Crippen LogP contribution in [0.5, 0.6) is 0 Å². The van der Waals surface area contributed by atoms with Crippen LogP contribution in [0.1, 0.15) is 33.6 Å². The Balaban J connectivity index is 1.88. The molecule has 0 aliphatic carbocycles. The van der Waals surface area contributed by atoms with Crippen LogP contribution in [-0.4, -0.2) is 22.9 Å². The number of rotatable bonds is 2. The number of benzene rings is 3. The number of nitrogens with one attached hydrogen (secondary N) is 2. The summed E-state index contributed by atoms with van der Waals surface area (Å²) in [6.07, 6.45) is 0. The van der Waals surface area contributed by atoms with E-state index in [1.165, 1.54) is 0 Å². The number of likely N-dealkylation sites (N-methyl/N-ethyl adjacent to an activating group) is 1. The number of aromatic nitrogens is 2. The van der Waals surface area contributed by atoms with Gasteiger partial charge in [0.15, 0.2) is 0 Å². The molecule has 1 amide bonds. The Morgan fingerprint density at radius 3 is 1.81 bits per heavy atom. The highest BCUT2D eigenvalue weighted by molar-refractivity contribution is 6.17. The lowest BCUT2D eigenvalue weighted by molar-refractivity contribution is -0.120. The minimum absolute atomic E-state index is 0.0857. The SMILES string of the molecule is Cc1cccc2c1N(C)C(=O)C2(c1c(C)[nH]c2ccccc12)c1c(C)[nH]c2ccccc12. The normalized spacial score (nSPS) is 15.1. The van der Waals surface area contributed by atoms with Gasteiger partial charge in [-0.2, -0.15) is 0 Å². The summed E-state index contributed by atoms with van der Waals surface area (Å²) in [6, 6.07) is 22.9. The van der Waals surface area contributed by atoms with Crippen molar-refractivity contribution in [3.8, 4) is 0 Å². The van der Waals surface area contributed by atoms with Crippen LogP contribution in [0.4, 0.5) is 5.69 Å². The average Bonchev–Trinajstić information content (AvgIpc) is 3.37. The first-order valence-electron chi connectivity index (χ1n) is 11.0. The van der Waals surface area contributed by atoms with Crippen LogP contribution in [0.2, 0.25) is 0 Å². The van der Waals surface area contributed by atoms with Crippen molar-refractivity contribution in [1.82, 2.24) is 9.97 Å². The summed E-state index contributed by atoms with van der Waals surface area (Å²) in [7, 11) is 1.91. The molecule has 0 atom stereocenters. The van der Waals surface area contributed by atoms with E-state index in [9.17, 15) is 4.79 Å². The molecule has 2 N–H and O–H groups in total. The molecule has 3 aromatic carbocycles. The second-order valence-electron chi connectivity index (χ2n) is 8.93. The van der Waals surface area contributed by atoms with Gasteiger partial charge in [0.2, 0.25) is 5.91 Å². The van der Waals surface area contributed by atoms with E-state index in [0.717, 1.165) is 61.1 Å². The van der Waals surface area contributed by atoms with E-state index in [1.807, 2.05) is 24.1 Å². The number of H-pyrrole nitrogens is 2. The fourth-order valence-corrected chi connectivity index (χ4v) is 6.00. The number of hydrogen-bond donors (Lipinski definition) is 2. The molecule has 0 spiro atoms. The molecule has 3 heterocycles. The van der Waals surface area contributed by atoms with E-state index >= 15 is 0 Å². The Hall–Kier alpha value is -3.79. The molecule has 0 saturated carbocycles. The number of hydrogen-bond acceptors (Lipinski definition) is 1. The van der Waals surface area contributed by atoms with E-state index in [-0.39, 0.29) is 5.91 Å². The van der Waals surface area contributed by atoms with Crippen molar-refractivity contribution >= 4 is 33.4 Å². The predicted molar refractivity (Wildman–Crippen MR) is 131 cm³/mol. The van der Waals surface area contributed by atoms with Crippen molar-refractivity contribution < 1.29 is 4.79 Å². The van der Waals surface area contributed by atoms with Crippen LogP contribution in [0.25, 0.3) is 21.8 Å². The number of carbonyl (C=O) groups is 1. The van der Waals surface area contributed by atoms with Crippen LogP contribution in [0.3, 0.4) is 0 Å². The molecule has 1 aliphatic heterocycles. The molecule has 0 unspecified atom stereocenters. The Morgan fingerprint density at radius 2 is 1.25 bits per heavy atom. The Kier molecular flexibility index (Phi) is 3.76. The maximum absolute atomic E-state index is 14.5. The van der Waals surface area contributed by atoms with Gasteiger partial charge in [-0.15, -0.1) is 0 Å². The van der Waals surface area contributed by atoms with Gasteiger partial charge in [-0.1, -0.05) is 54.6 Å². The Morgan fingerprint density at radius 1 is 0.719 bits per heavy atom. The molecule has 2 aromatic heterocycles. The number of aromatic amines is 2. The van der Waals surface area contributed by atoms with Crippen LogP contribution >= 0.6 is 0 Å². The topological polar surface area (TPSA) is 51.9 Å². The lowest BCUT2D eigenvalue weighted by atomic mass is 9.68. The molecule has 5 aromatic rings. The first-order valence-corrected chi connectivity index (χ1v) is 11.0. The molecule has 0 radical (unpaired) electrons. The monoisotopic (exact) mass is 419 g/mol. The molecule has 4 heteroatoms. The van der Waals surface area contributed by atoms with Crippen molar-refractivity contribution in [3.63, 3.8) is 0 Å². The number of amides is 1. The highest BCUT2D eigenvalue weighted by Gasteiger charge is 2.56. The van der Waals surface area contributed by atoms with Crippen molar-refractivity contribution in [2.24, 2.45) is 0 Å². The minimum Gasteiger partial charge on any atom is -0.358 e. The summed E-state index contributed by atoms with van der Waals surface area (Å²) in [5, 5.41) is 2.18. The molecular weight excluding hydrogens is 394 g/mol. The van der Waals surface area contributed by atoms with E-state index < -0.39 is 5.41 Å². The predicted octanol–water partition coefficient (Wildman–Crippen LogP) is 5.89. The van der Waals surface area contributed by atoms with Gasteiger partial charge >= 0.3 is 0 Å². The number of anilines is 1. The van der Waals surface area contributed by atoms with Gasteiger partial charge in [0, 0.05) is 56.9 Å². The molecular formula is C28H25N3O. The number of fused-ring (bicyclic) bond motifs is 3. The zero-order chi connectivity index (χ0) is 22.2. The van der Waals surface area contributed by atoms with E-state index in [0.29, 0.717) is 0 Å². The third kappa shape index (κ3) is 2.14. The smallest absolute Gasteiger partial charge is 0.246 e. The highest BCUT2D eigenvalue weighted by Crippen LogP contribution is 2.55. The summed E-state index contributed by atoms with van der Waals surface area (Å²) < 4.78 is 0. The lowest BCUT2D eigenvalue weighted by Crippen LogP contribution is -2.41. The number of aryl methyl sites for hydroxylation is 3. The van der Waals surface area contributed by atoms with Crippen LogP contribution in [0, 0.1) is 20.8 Å². The number of para-hydroxylation sites is 3. The fraction of sp³-hybridized carbons (Fsp3) is 0.179. The maximum Gasteiger partial charge on any atom is 0.246 e. The Labute approximate surface area is 186 Å². The molecule has 0 bridgehead atoms. The summed E-state index contributed by atoms with van der Waals surface area (Å²) in [4.78, 5) is 23.5. The molecule has 0 saturated heterocycles. The van der Waals surface area contributed by atoms with Gasteiger partial charge in [-0.05, 0) is 38.5 Å². The molecule has 6 rings (SSSR count). The van der Waals surface area contributed by atoms with Gasteiger partial charge in [0.1, 0.15) is 5.41 Å². The summed E-state index contributed by atoms with van der Waals surface area (Å²) in [5.41, 5.74) is 8.45. The van der Waals surface area contributed by atoms with Gasteiger partial charge in [-0.25, -0.2) is 0 Å². The Bertz CT molecular complexity index is 1470. The highest BCUT2D eigenvalue weighted by atomic mass is 16.2. The third-order valence-electron chi connectivity index (χ3n) is 7.14. The van der Waals surface area contributed by atoms with Gasteiger partial charge in [-0.3, -0.25) is 4.79 Å². The fourth-order valence-electron chi connectivity index (χ4n) is 6.00. The zero-order valence-corrected chi connectivity index (χ0v) is 18.7. The second kappa shape index (κ2) is 6.36. The van der Waals surface area contributed by atoms with Gasteiger partial charge < -0.3 is 14.9 Å². The molecule has 0 fully saturated rings. The standard InChI is InChI=1S/C28H25N3O/c1-16-10-9-13-21-26(16)31(4)27(32)28(21,24-17(2)29-22-14-7-5-11-19(22)24)25-18(3)30-23-15-8-6-12-20(23)25/h5-15,29-30H,1-4H3.